The van der Waals surface area contributed by atoms with Gasteiger partial charge in [-0.25, -0.2) is 0 Å². The third kappa shape index (κ3) is 5.26. The minimum absolute atomic E-state index is 0.0718. The fraction of sp³-hybridized carbons (Fsp3) is 0.105. The number of benzene rings is 5. The molecule has 212 valence electrons. The maximum Gasteiger partial charge on any atom is 0.231 e. The molecule has 0 bridgehead atoms. The van der Waals surface area contributed by atoms with Crippen LogP contribution in [0.3, 0.4) is 0 Å². The fourth-order valence-corrected chi connectivity index (χ4v) is 6.13. The monoisotopic (exact) mass is 581 g/mol. The molecule has 0 aliphatic carbocycles. The summed E-state index contributed by atoms with van der Waals surface area (Å²) in [5.74, 6) is -0.514. The van der Waals surface area contributed by atoms with Crippen molar-refractivity contribution in [3.8, 4) is 11.1 Å². The third-order valence-electron chi connectivity index (χ3n) is 8.08. The minimum Gasteiger partial charge on any atom is -0.358 e. The van der Waals surface area contributed by atoms with Gasteiger partial charge in [0.2, 0.25) is 5.91 Å². The van der Waals surface area contributed by atoms with Crippen molar-refractivity contribution in [1.29, 1.82) is 0 Å². The van der Waals surface area contributed by atoms with Gasteiger partial charge in [-0.2, -0.15) is 5.10 Å². The van der Waals surface area contributed by atoms with Gasteiger partial charge < -0.3 is 5.32 Å². The summed E-state index contributed by atoms with van der Waals surface area (Å²) in [4.78, 5) is 13.0. The van der Waals surface area contributed by atoms with E-state index >= 15 is 0 Å². The van der Waals surface area contributed by atoms with E-state index in [4.69, 9.17) is 16.7 Å². The smallest absolute Gasteiger partial charge is 0.231 e. The number of aromatic nitrogens is 2. The summed E-state index contributed by atoms with van der Waals surface area (Å²) in [5, 5.41) is 8.64. The van der Waals surface area contributed by atoms with E-state index in [9.17, 15) is 4.79 Å². The molecule has 0 aliphatic heterocycles. The second-order valence-corrected chi connectivity index (χ2v) is 11.0. The minimum atomic E-state index is -0.689. The highest BCUT2D eigenvalue weighted by Crippen LogP contribution is 2.42. The van der Waals surface area contributed by atoms with Gasteiger partial charge in [-0.3, -0.25) is 9.48 Å². The van der Waals surface area contributed by atoms with Crippen molar-refractivity contribution < 1.29 is 4.79 Å². The molecule has 0 saturated carbocycles. The van der Waals surface area contributed by atoms with Crippen LogP contribution in [0.2, 0.25) is 5.02 Å². The summed E-state index contributed by atoms with van der Waals surface area (Å²) >= 11 is 6.12. The van der Waals surface area contributed by atoms with Gasteiger partial charge in [0.25, 0.3) is 0 Å². The van der Waals surface area contributed by atoms with Gasteiger partial charge >= 0.3 is 0 Å². The standard InChI is InChI=1S/C38H32ClN3O/c1-27-35(28-18-20-29(21-19-28)36(37(43)40-2)30-22-24-34(39)25-23-30)26-42(41-27)38(31-12-6-3-7-13-31,32-14-8-4-9-15-32)33-16-10-5-11-17-33/h3-26,36H,1-2H3,(H,40,43). The highest BCUT2D eigenvalue weighted by Gasteiger charge is 2.39. The Hall–Kier alpha value is -4.93. The van der Waals surface area contributed by atoms with Crippen LogP contribution in [0.4, 0.5) is 0 Å². The number of amides is 1. The van der Waals surface area contributed by atoms with Crippen molar-refractivity contribution in [3.05, 3.63) is 184 Å². The second-order valence-electron chi connectivity index (χ2n) is 10.6. The van der Waals surface area contributed by atoms with Crippen LogP contribution in [-0.4, -0.2) is 22.7 Å². The number of nitrogens with one attached hydrogen (secondary N) is 1. The molecule has 43 heavy (non-hydrogen) atoms. The summed E-state index contributed by atoms with van der Waals surface area (Å²) < 4.78 is 2.10. The van der Waals surface area contributed by atoms with E-state index in [1.807, 2.05) is 61.5 Å². The molecule has 1 amide bonds. The lowest BCUT2D eigenvalue weighted by Crippen LogP contribution is -2.38. The van der Waals surface area contributed by atoms with Crippen molar-refractivity contribution in [2.45, 2.75) is 18.4 Å². The van der Waals surface area contributed by atoms with E-state index in [2.05, 4.69) is 101 Å². The Balaban J connectivity index is 1.48. The zero-order valence-electron chi connectivity index (χ0n) is 24.1. The first-order valence-corrected chi connectivity index (χ1v) is 14.7. The van der Waals surface area contributed by atoms with Crippen molar-refractivity contribution in [1.82, 2.24) is 15.1 Å². The number of carbonyl (C=O) groups excluding carboxylic acids is 1. The van der Waals surface area contributed by atoms with Gasteiger partial charge in [-0.15, -0.1) is 0 Å². The van der Waals surface area contributed by atoms with E-state index < -0.39 is 11.5 Å². The van der Waals surface area contributed by atoms with Gasteiger partial charge in [0.05, 0.1) is 11.6 Å². The molecular formula is C38H32ClN3O. The van der Waals surface area contributed by atoms with Crippen LogP contribution in [0.15, 0.2) is 146 Å². The first kappa shape index (κ1) is 28.2. The Kier molecular flexibility index (Phi) is 7.95. The fourth-order valence-electron chi connectivity index (χ4n) is 6.00. The van der Waals surface area contributed by atoms with Crippen LogP contribution >= 0.6 is 11.6 Å². The Bertz CT molecular complexity index is 1720. The van der Waals surface area contributed by atoms with Crippen LogP contribution < -0.4 is 5.32 Å². The van der Waals surface area contributed by atoms with Gasteiger partial charge in [0.1, 0.15) is 5.54 Å². The third-order valence-corrected chi connectivity index (χ3v) is 8.34. The Morgan fingerprint density at radius 3 is 1.58 bits per heavy atom. The number of aryl methyl sites for hydroxylation is 1. The molecule has 0 saturated heterocycles. The second kappa shape index (κ2) is 12.1. The largest absolute Gasteiger partial charge is 0.358 e. The SMILES string of the molecule is CNC(=O)C(c1ccc(Cl)cc1)c1ccc(-c2cn(C(c3ccccc3)(c3ccccc3)c3ccccc3)nc2C)cc1. The Labute approximate surface area is 257 Å². The summed E-state index contributed by atoms with van der Waals surface area (Å²) in [7, 11) is 1.66. The first-order chi connectivity index (χ1) is 21.0. The van der Waals surface area contributed by atoms with Crippen molar-refractivity contribution >= 4 is 17.5 Å². The van der Waals surface area contributed by atoms with Crippen LogP contribution in [0.25, 0.3) is 11.1 Å². The van der Waals surface area contributed by atoms with E-state index in [0.717, 1.165) is 44.6 Å². The van der Waals surface area contributed by atoms with E-state index in [0.29, 0.717) is 5.02 Å². The summed E-state index contributed by atoms with van der Waals surface area (Å²) in [6, 6.07) is 47.3. The molecule has 5 aromatic carbocycles. The molecule has 0 spiro atoms. The number of carbonyl (C=O) groups is 1. The summed E-state index contributed by atoms with van der Waals surface area (Å²) in [6.45, 7) is 2.05. The average Bonchev–Trinajstić information content (AvgIpc) is 3.45. The first-order valence-electron chi connectivity index (χ1n) is 14.3. The van der Waals surface area contributed by atoms with Crippen LogP contribution in [0, 0.1) is 6.92 Å². The lowest BCUT2D eigenvalue weighted by molar-refractivity contribution is -0.121. The molecule has 6 rings (SSSR count). The molecule has 1 N–H and O–H groups in total. The van der Waals surface area contributed by atoms with Crippen LogP contribution in [-0.2, 0) is 10.3 Å². The molecule has 0 aliphatic rings. The highest BCUT2D eigenvalue weighted by molar-refractivity contribution is 6.30. The van der Waals surface area contributed by atoms with E-state index in [1.54, 1.807) is 7.05 Å². The maximum atomic E-state index is 13.0. The van der Waals surface area contributed by atoms with Crippen molar-refractivity contribution in [2.24, 2.45) is 0 Å². The normalized spacial score (nSPS) is 12.1. The number of hydrogen-bond acceptors (Lipinski definition) is 2. The van der Waals surface area contributed by atoms with Gasteiger partial charge in [-0.05, 0) is 52.4 Å². The molecule has 1 unspecified atom stereocenters. The molecule has 1 heterocycles. The number of halogens is 1. The Morgan fingerprint density at radius 2 is 1.14 bits per heavy atom. The van der Waals surface area contributed by atoms with Gasteiger partial charge in [0, 0.05) is 23.8 Å². The molecule has 0 radical (unpaired) electrons. The number of rotatable bonds is 8. The summed E-state index contributed by atoms with van der Waals surface area (Å²) in [5.41, 5.74) is 7.44. The Morgan fingerprint density at radius 1 is 0.698 bits per heavy atom. The predicted molar refractivity (Wildman–Crippen MR) is 174 cm³/mol. The average molecular weight is 582 g/mol. The zero-order valence-corrected chi connectivity index (χ0v) is 24.9. The highest BCUT2D eigenvalue weighted by atomic mass is 35.5. The number of likely N-dealkylation sites (N-methyl/N-ethyl adjacent to an activating group) is 1. The molecule has 1 aromatic heterocycles. The lowest BCUT2D eigenvalue weighted by atomic mass is 9.77. The van der Waals surface area contributed by atoms with Crippen molar-refractivity contribution in [3.63, 3.8) is 0 Å². The maximum absolute atomic E-state index is 13.0. The quantitative estimate of drug-likeness (QED) is 0.184. The molecule has 5 heteroatoms. The predicted octanol–water partition coefficient (Wildman–Crippen LogP) is 8.23. The van der Waals surface area contributed by atoms with E-state index in [-0.39, 0.29) is 5.91 Å². The van der Waals surface area contributed by atoms with Gasteiger partial charge in [0.15, 0.2) is 0 Å². The van der Waals surface area contributed by atoms with Crippen LogP contribution in [0.5, 0.6) is 0 Å². The van der Waals surface area contributed by atoms with Crippen LogP contribution in [0.1, 0.15) is 39.4 Å². The zero-order chi connectivity index (χ0) is 29.8. The molecule has 6 aromatic rings. The topological polar surface area (TPSA) is 46.9 Å². The molecular weight excluding hydrogens is 550 g/mol. The molecule has 0 fully saturated rings. The summed E-state index contributed by atoms with van der Waals surface area (Å²) in [6.07, 6.45) is 2.15. The van der Waals surface area contributed by atoms with Crippen molar-refractivity contribution in [2.75, 3.05) is 7.05 Å². The van der Waals surface area contributed by atoms with E-state index in [1.165, 1.54) is 0 Å². The number of nitrogens with zero attached hydrogens (tertiary/aromatic N) is 2. The molecule has 1 atom stereocenters. The molecule has 4 nitrogen and oxygen atoms in total. The van der Waals surface area contributed by atoms with Gasteiger partial charge in [-0.1, -0.05) is 139 Å². The number of hydrogen-bond donors (Lipinski definition) is 1. The lowest BCUT2D eigenvalue weighted by Gasteiger charge is -2.36.